The van der Waals surface area contributed by atoms with Crippen molar-refractivity contribution in [1.29, 1.82) is 0 Å². The Balaban J connectivity index is 1.52. The van der Waals surface area contributed by atoms with E-state index in [1.165, 1.54) is 23.1 Å². The fourth-order valence-corrected chi connectivity index (χ4v) is 3.43. The third kappa shape index (κ3) is 5.06. The second-order valence-corrected chi connectivity index (χ2v) is 7.11. The van der Waals surface area contributed by atoms with Crippen molar-refractivity contribution in [1.82, 2.24) is 0 Å². The van der Waals surface area contributed by atoms with Crippen molar-refractivity contribution in [2.45, 2.75) is 51.2 Å². The summed E-state index contributed by atoms with van der Waals surface area (Å²) in [5, 5.41) is 0. The van der Waals surface area contributed by atoms with Crippen LogP contribution < -0.4 is 0 Å². The van der Waals surface area contributed by atoms with Gasteiger partial charge < -0.3 is 9.47 Å². The summed E-state index contributed by atoms with van der Waals surface area (Å²) in [4.78, 5) is 0. The Hall–Kier alpha value is -1.90. The van der Waals surface area contributed by atoms with Crippen LogP contribution in [-0.2, 0) is 22.3 Å². The molecule has 0 unspecified atom stereocenters. The van der Waals surface area contributed by atoms with Crippen LogP contribution in [0.3, 0.4) is 0 Å². The molecule has 2 nitrogen and oxygen atoms in total. The molecule has 0 amide bonds. The van der Waals surface area contributed by atoms with Gasteiger partial charge >= 0.3 is 0 Å². The van der Waals surface area contributed by atoms with Gasteiger partial charge in [-0.15, -0.1) is 6.58 Å². The highest BCUT2D eigenvalue weighted by molar-refractivity contribution is 5.27. The molecule has 0 spiro atoms. The number of aryl methyl sites for hydroxylation is 2. The molecule has 0 aliphatic carbocycles. The Bertz CT molecular complexity index is 664. The molecule has 1 heterocycles. The van der Waals surface area contributed by atoms with E-state index in [4.69, 9.17) is 9.47 Å². The van der Waals surface area contributed by atoms with Crippen molar-refractivity contribution in [3.63, 3.8) is 0 Å². The molecular weight excluding hydrogens is 320 g/mol. The fraction of sp³-hybridized carbons (Fsp3) is 0.417. The lowest BCUT2D eigenvalue weighted by Gasteiger charge is -2.30. The number of ether oxygens (including phenoxy) is 2. The first-order chi connectivity index (χ1) is 12.8. The lowest BCUT2D eigenvalue weighted by molar-refractivity contribution is -0.191. The Morgan fingerprint density at radius 2 is 1.46 bits per heavy atom. The van der Waals surface area contributed by atoms with Gasteiger partial charge in [0.25, 0.3) is 0 Å². The van der Waals surface area contributed by atoms with E-state index in [0.717, 1.165) is 31.2 Å². The molecule has 1 saturated heterocycles. The maximum absolute atomic E-state index is 6.01. The van der Waals surface area contributed by atoms with Gasteiger partial charge in [0.2, 0.25) is 0 Å². The normalized spacial score (nSPS) is 20.0. The number of benzene rings is 2. The Labute approximate surface area is 157 Å². The largest absolute Gasteiger partial charge is 0.348 e. The van der Waals surface area contributed by atoms with E-state index >= 15 is 0 Å². The van der Waals surface area contributed by atoms with E-state index in [1.807, 2.05) is 6.08 Å². The molecule has 1 aliphatic heterocycles. The lowest BCUT2D eigenvalue weighted by atomic mass is 9.97. The topological polar surface area (TPSA) is 18.5 Å². The standard InChI is InChI=1S/C24H30O2/c1-3-5-6-8-20-11-15-22(16-12-20)24-25-17-23(18-26-24)21-13-9-19(7-4-2)10-14-21/h3,9-16,23-24H,1,4-8,17-18H2,2H3. The maximum atomic E-state index is 6.01. The number of hydrogen-bond donors (Lipinski definition) is 0. The molecule has 0 radical (unpaired) electrons. The van der Waals surface area contributed by atoms with Crippen molar-refractivity contribution < 1.29 is 9.47 Å². The zero-order valence-corrected chi connectivity index (χ0v) is 15.8. The van der Waals surface area contributed by atoms with Gasteiger partial charge in [-0.25, -0.2) is 0 Å². The Morgan fingerprint density at radius 1 is 0.885 bits per heavy atom. The molecule has 0 saturated carbocycles. The SMILES string of the molecule is C=CCCCc1ccc(C2OCC(c3ccc(CCC)cc3)CO2)cc1. The molecule has 1 aliphatic rings. The lowest BCUT2D eigenvalue weighted by Crippen LogP contribution is -2.25. The summed E-state index contributed by atoms with van der Waals surface area (Å²) in [6.07, 6.45) is 7.37. The van der Waals surface area contributed by atoms with Gasteiger partial charge in [-0.05, 0) is 42.4 Å². The minimum absolute atomic E-state index is 0.243. The van der Waals surface area contributed by atoms with Crippen molar-refractivity contribution in [3.8, 4) is 0 Å². The predicted molar refractivity (Wildman–Crippen MR) is 107 cm³/mol. The van der Waals surface area contributed by atoms with Crippen molar-refractivity contribution in [3.05, 3.63) is 83.4 Å². The number of allylic oxidation sites excluding steroid dienone is 1. The molecule has 26 heavy (non-hydrogen) atoms. The molecule has 1 fully saturated rings. The van der Waals surface area contributed by atoms with Gasteiger partial charge in [0.1, 0.15) is 0 Å². The summed E-state index contributed by atoms with van der Waals surface area (Å²) in [7, 11) is 0. The van der Waals surface area contributed by atoms with Gasteiger partial charge in [-0.2, -0.15) is 0 Å². The molecule has 2 aromatic rings. The Kier molecular flexibility index (Phi) is 7.04. The van der Waals surface area contributed by atoms with E-state index in [0.29, 0.717) is 19.1 Å². The molecule has 2 aromatic carbocycles. The van der Waals surface area contributed by atoms with Crippen molar-refractivity contribution in [2.75, 3.05) is 13.2 Å². The summed E-state index contributed by atoms with van der Waals surface area (Å²) >= 11 is 0. The van der Waals surface area contributed by atoms with Crippen LogP contribution in [0.5, 0.6) is 0 Å². The zero-order chi connectivity index (χ0) is 18.2. The second-order valence-electron chi connectivity index (χ2n) is 7.11. The van der Waals surface area contributed by atoms with Gasteiger partial charge in [0.15, 0.2) is 6.29 Å². The van der Waals surface area contributed by atoms with Crippen LogP contribution in [-0.4, -0.2) is 13.2 Å². The smallest absolute Gasteiger partial charge is 0.183 e. The molecule has 3 rings (SSSR count). The second kappa shape index (κ2) is 9.70. The third-order valence-corrected chi connectivity index (χ3v) is 5.01. The maximum Gasteiger partial charge on any atom is 0.183 e. The van der Waals surface area contributed by atoms with Crippen LogP contribution in [0.2, 0.25) is 0 Å². The zero-order valence-electron chi connectivity index (χ0n) is 15.8. The predicted octanol–water partition coefficient (Wildman–Crippen LogP) is 5.98. The summed E-state index contributed by atoms with van der Waals surface area (Å²) in [5.41, 5.74) is 5.17. The summed E-state index contributed by atoms with van der Waals surface area (Å²) in [6, 6.07) is 17.5. The van der Waals surface area contributed by atoms with Crippen LogP contribution in [0, 0.1) is 0 Å². The first kappa shape index (κ1) is 18.9. The van der Waals surface area contributed by atoms with Crippen LogP contribution >= 0.6 is 0 Å². The highest BCUT2D eigenvalue weighted by Gasteiger charge is 2.24. The highest BCUT2D eigenvalue weighted by atomic mass is 16.7. The average Bonchev–Trinajstić information content (AvgIpc) is 2.70. The Morgan fingerprint density at radius 3 is 2.04 bits per heavy atom. The number of unbranched alkanes of at least 4 members (excludes halogenated alkanes) is 1. The minimum Gasteiger partial charge on any atom is -0.348 e. The van der Waals surface area contributed by atoms with Gasteiger partial charge in [-0.1, -0.05) is 68.0 Å². The fourth-order valence-electron chi connectivity index (χ4n) is 3.43. The van der Waals surface area contributed by atoms with Crippen LogP contribution in [0.25, 0.3) is 0 Å². The van der Waals surface area contributed by atoms with E-state index in [2.05, 4.69) is 62.0 Å². The molecule has 138 valence electrons. The third-order valence-electron chi connectivity index (χ3n) is 5.01. The molecule has 0 bridgehead atoms. The van der Waals surface area contributed by atoms with E-state index in [9.17, 15) is 0 Å². The molecular formula is C24H30O2. The van der Waals surface area contributed by atoms with E-state index in [-0.39, 0.29) is 6.29 Å². The van der Waals surface area contributed by atoms with Crippen LogP contribution in [0.1, 0.15) is 60.6 Å². The first-order valence-corrected chi connectivity index (χ1v) is 9.82. The van der Waals surface area contributed by atoms with Crippen LogP contribution in [0.15, 0.2) is 61.2 Å². The summed E-state index contributed by atoms with van der Waals surface area (Å²) in [6.45, 7) is 7.40. The molecule has 0 aromatic heterocycles. The summed E-state index contributed by atoms with van der Waals surface area (Å²) in [5.74, 6) is 0.320. The van der Waals surface area contributed by atoms with Crippen LogP contribution in [0.4, 0.5) is 0 Å². The minimum atomic E-state index is -0.243. The average molecular weight is 351 g/mol. The number of hydrogen-bond acceptors (Lipinski definition) is 2. The molecule has 0 N–H and O–H groups in total. The van der Waals surface area contributed by atoms with E-state index < -0.39 is 0 Å². The molecule has 2 heteroatoms. The van der Waals surface area contributed by atoms with Crippen molar-refractivity contribution in [2.24, 2.45) is 0 Å². The van der Waals surface area contributed by atoms with E-state index in [1.54, 1.807) is 0 Å². The van der Waals surface area contributed by atoms with Gasteiger partial charge in [0, 0.05) is 11.5 Å². The van der Waals surface area contributed by atoms with Gasteiger partial charge in [0.05, 0.1) is 13.2 Å². The summed E-state index contributed by atoms with van der Waals surface area (Å²) < 4.78 is 12.0. The molecule has 0 atom stereocenters. The quantitative estimate of drug-likeness (QED) is 0.431. The van der Waals surface area contributed by atoms with Gasteiger partial charge in [-0.3, -0.25) is 0 Å². The highest BCUT2D eigenvalue weighted by Crippen LogP contribution is 2.30. The van der Waals surface area contributed by atoms with Crippen molar-refractivity contribution >= 4 is 0 Å². The number of rotatable bonds is 8. The monoisotopic (exact) mass is 350 g/mol. The first-order valence-electron chi connectivity index (χ1n) is 9.82.